The predicted molar refractivity (Wildman–Crippen MR) is 75.1 cm³/mol. The summed E-state index contributed by atoms with van der Waals surface area (Å²) < 4.78 is 15.2. The lowest BCUT2D eigenvalue weighted by Crippen LogP contribution is -2.38. The summed E-state index contributed by atoms with van der Waals surface area (Å²) >= 11 is 0. The summed E-state index contributed by atoms with van der Waals surface area (Å²) in [4.78, 5) is 12.1. The molecule has 110 valence electrons. The molecule has 0 saturated heterocycles. The third-order valence-corrected chi connectivity index (χ3v) is 3.15. The van der Waals surface area contributed by atoms with Crippen LogP contribution in [0.4, 0.5) is 0 Å². The molecule has 20 heavy (non-hydrogen) atoms. The first-order chi connectivity index (χ1) is 9.59. The molecule has 0 radical (unpaired) electrons. The van der Waals surface area contributed by atoms with E-state index in [1.807, 2.05) is 0 Å². The van der Waals surface area contributed by atoms with Crippen LogP contribution < -0.4 is 9.47 Å². The zero-order valence-electron chi connectivity index (χ0n) is 12.2. The number of carbonyl (C=O) groups excluding carboxylic acids is 1. The highest BCUT2D eigenvalue weighted by Crippen LogP contribution is 2.35. The number of aliphatic hydroxyl groups is 1. The maximum Gasteiger partial charge on any atom is 0.322 e. The number of hydrogen-bond donors (Lipinski definition) is 1. The molecular formula is C15H20O5. The maximum atomic E-state index is 12.1. The summed E-state index contributed by atoms with van der Waals surface area (Å²) in [7, 11) is 4.33. The van der Waals surface area contributed by atoms with Crippen molar-refractivity contribution in [1.82, 2.24) is 0 Å². The van der Waals surface area contributed by atoms with E-state index in [9.17, 15) is 9.90 Å². The summed E-state index contributed by atoms with van der Waals surface area (Å²) in [5.41, 5.74) is -0.675. The quantitative estimate of drug-likeness (QED) is 0.634. The largest absolute Gasteiger partial charge is 0.493 e. The van der Waals surface area contributed by atoms with E-state index >= 15 is 0 Å². The molecule has 0 heterocycles. The average Bonchev–Trinajstić information content (AvgIpc) is 2.51. The Kier molecular flexibility index (Phi) is 5.58. The number of allylic oxidation sites excluding steroid dienone is 1. The van der Waals surface area contributed by atoms with E-state index < -0.39 is 18.0 Å². The molecular weight excluding hydrogens is 260 g/mol. The van der Waals surface area contributed by atoms with Crippen molar-refractivity contribution in [3.05, 3.63) is 35.9 Å². The van der Waals surface area contributed by atoms with Gasteiger partial charge in [-0.1, -0.05) is 18.2 Å². The molecule has 1 rings (SSSR count). The Labute approximate surface area is 118 Å². The second-order valence-electron chi connectivity index (χ2n) is 4.19. The summed E-state index contributed by atoms with van der Waals surface area (Å²) in [5, 5.41) is 9.73. The third-order valence-electron chi connectivity index (χ3n) is 3.15. The number of methoxy groups -OCH3 is 3. The van der Waals surface area contributed by atoms with Gasteiger partial charge in [-0.05, 0) is 24.6 Å². The van der Waals surface area contributed by atoms with Gasteiger partial charge in [-0.3, -0.25) is 4.79 Å². The Bertz CT molecular complexity index is 495. The minimum atomic E-state index is -1.25. The van der Waals surface area contributed by atoms with Gasteiger partial charge in [-0.15, -0.1) is 0 Å². The molecule has 0 bridgehead atoms. The molecule has 1 atom stereocenters. The van der Waals surface area contributed by atoms with Crippen LogP contribution in [0, 0.1) is 0 Å². The van der Waals surface area contributed by atoms with Gasteiger partial charge >= 0.3 is 5.97 Å². The number of carbonyl (C=O) groups is 1. The molecule has 0 aliphatic rings. The van der Waals surface area contributed by atoms with E-state index in [1.165, 1.54) is 21.3 Å². The normalized spacial score (nSPS) is 13.8. The second-order valence-corrected chi connectivity index (χ2v) is 4.19. The number of hydrogen-bond acceptors (Lipinski definition) is 5. The fourth-order valence-corrected chi connectivity index (χ4v) is 2.07. The van der Waals surface area contributed by atoms with Crippen molar-refractivity contribution < 1.29 is 24.1 Å². The third kappa shape index (κ3) is 2.77. The Morgan fingerprint density at radius 2 is 1.90 bits per heavy atom. The van der Waals surface area contributed by atoms with Crippen LogP contribution in [0.5, 0.6) is 11.5 Å². The van der Waals surface area contributed by atoms with Crippen LogP contribution in [0.3, 0.4) is 0 Å². The summed E-state index contributed by atoms with van der Waals surface area (Å²) in [6, 6.07) is 5.05. The lowest BCUT2D eigenvalue weighted by Gasteiger charge is -2.26. The van der Waals surface area contributed by atoms with E-state index in [0.29, 0.717) is 17.1 Å². The molecule has 0 saturated carbocycles. The van der Waals surface area contributed by atoms with Gasteiger partial charge in [0.1, 0.15) is 5.41 Å². The van der Waals surface area contributed by atoms with Crippen molar-refractivity contribution in [3.63, 3.8) is 0 Å². The lowest BCUT2D eigenvalue weighted by molar-refractivity contribution is -0.147. The summed E-state index contributed by atoms with van der Waals surface area (Å²) in [6.07, 6.45) is 3.31. The van der Waals surface area contributed by atoms with E-state index in [-0.39, 0.29) is 0 Å². The van der Waals surface area contributed by atoms with Crippen molar-refractivity contribution in [3.8, 4) is 11.5 Å². The van der Waals surface area contributed by atoms with E-state index in [0.717, 1.165) is 0 Å². The highest BCUT2D eigenvalue weighted by atomic mass is 16.5. The molecule has 0 aliphatic carbocycles. The van der Waals surface area contributed by atoms with Gasteiger partial charge in [0.25, 0.3) is 0 Å². The summed E-state index contributed by atoms with van der Waals surface area (Å²) in [5.74, 6) is 0.495. The van der Waals surface area contributed by atoms with Gasteiger partial charge < -0.3 is 19.3 Å². The SMILES string of the molecule is CC=CC(CO)(C(=O)OC)c1ccc(OC)c(OC)c1. The number of benzene rings is 1. The lowest BCUT2D eigenvalue weighted by atomic mass is 9.80. The number of ether oxygens (including phenoxy) is 3. The molecule has 1 aromatic carbocycles. The molecule has 0 aliphatic heterocycles. The van der Waals surface area contributed by atoms with Crippen LogP contribution >= 0.6 is 0 Å². The van der Waals surface area contributed by atoms with Crippen molar-refractivity contribution in [2.75, 3.05) is 27.9 Å². The molecule has 5 heteroatoms. The molecule has 0 amide bonds. The number of rotatable bonds is 6. The Morgan fingerprint density at radius 3 is 2.35 bits per heavy atom. The van der Waals surface area contributed by atoms with Crippen LogP contribution in [-0.2, 0) is 14.9 Å². The highest BCUT2D eigenvalue weighted by Gasteiger charge is 2.39. The van der Waals surface area contributed by atoms with Crippen molar-refractivity contribution in [2.45, 2.75) is 12.3 Å². The fourth-order valence-electron chi connectivity index (χ4n) is 2.07. The zero-order valence-corrected chi connectivity index (χ0v) is 12.2. The number of aliphatic hydroxyl groups excluding tert-OH is 1. The van der Waals surface area contributed by atoms with Gasteiger partial charge in [-0.2, -0.15) is 0 Å². The topological polar surface area (TPSA) is 65.0 Å². The van der Waals surface area contributed by atoms with Gasteiger partial charge in [0.05, 0.1) is 27.9 Å². The molecule has 1 unspecified atom stereocenters. The summed E-state index contributed by atoms with van der Waals surface area (Å²) in [6.45, 7) is 1.37. The van der Waals surface area contributed by atoms with E-state index in [2.05, 4.69) is 0 Å². The second kappa shape index (κ2) is 6.96. The van der Waals surface area contributed by atoms with Crippen molar-refractivity contribution >= 4 is 5.97 Å². The molecule has 0 fully saturated rings. The van der Waals surface area contributed by atoms with Crippen LogP contribution in [-0.4, -0.2) is 39.0 Å². The zero-order chi connectivity index (χ0) is 15.2. The van der Waals surface area contributed by atoms with Crippen molar-refractivity contribution in [2.24, 2.45) is 0 Å². The minimum absolute atomic E-state index is 0.403. The standard InChI is InChI=1S/C15H20O5/c1-5-8-15(10-16,14(17)20-4)11-6-7-12(18-2)13(9-11)19-3/h5-9,16H,10H2,1-4H3. The van der Waals surface area contributed by atoms with Crippen LogP contribution in [0.2, 0.25) is 0 Å². The Balaban J connectivity index is 3.45. The highest BCUT2D eigenvalue weighted by molar-refractivity contribution is 5.86. The first-order valence-electron chi connectivity index (χ1n) is 6.15. The first kappa shape index (κ1) is 16.0. The molecule has 5 nitrogen and oxygen atoms in total. The van der Waals surface area contributed by atoms with E-state index in [1.54, 1.807) is 37.3 Å². The Morgan fingerprint density at radius 1 is 1.25 bits per heavy atom. The smallest absolute Gasteiger partial charge is 0.322 e. The van der Waals surface area contributed by atoms with Crippen LogP contribution in [0.25, 0.3) is 0 Å². The molecule has 1 N–H and O–H groups in total. The average molecular weight is 280 g/mol. The number of esters is 1. The Hall–Kier alpha value is -2.01. The van der Waals surface area contributed by atoms with Gasteiger partial charge in [-0.25, -0.2) is 0 Å². The minimum Gasteiger partial charge on any atom is -0.493 e. The predicted octanol–water partition coefficient (Wildman–Crippen LogP) is 1.68. The van der Waals surface area contributed by atoms with Gasteiger partial charge in [0.15, 0.2) is 11.5 Å². The first-order valence-corrected chi connectivity index (χ1v) is 6.15. The molecule has 0 spiro atoms. The molecule has 0 aromatic heterocycles. The van der Waals surface area contributed by atoms with Crippen LogP contribution in [0.15, 0.2) is 30.4 Å². The van der Waals surface area contributed by atoms with Gasteiger partial charge in [0.2, 0.25) is 0 Å². The molecule has 1 aromatic rings. The maximum absolute atomic E-state index is 12.1. The monoisotopic (exact) mass is 280 g/mol. The van der Waals surface area contributed by atoms with Gasteiger partial charge in [0, 0.05) is 0 Å². The fraction of sp³-hybridized carbons (Fsp3) is 0.400. The van der Waals surface area contributed by atoms with Crippen molar-refractivity contribution in [1.29, 1.82) is 0 Å². The van der Waals surface area contributed by atoms with Crippen LogP contribution in [0.1, 0.15) is 12.5 Å². The van der Waals surface area contributed by atoms with E-state index in [4.69, 9.17) is 14.2 Å².